The maximum Gasteiger partial charge on any atom is 0.323 e. The van der Waals surface area contributed by atoms with Crippen LogP contribution in [0.3, 0.4) is 0 Å². The van der Waals surface area contributed by atoms with Crippen molar-refractivity contribution >= 4 is 57.5 Å². The third-order valence-electron chi connectivity index (χ3n) is 5.90. The van der Waals surface area contributed by atoms with Crippen LogP contribution in [0.25, 0.3) is 10.9 Å². The molecule has 10 heteroatoms. The number of aromatic nitrogens is 1. The monoisotopic (exact) mass is 457 g/mol. The number of primary amides is 1. The Hall–Kier alpha value is -3.04. The van der Waals surface area contributed by atoms with E-state index in [1.165, 1.54) is 22.1 Å². The van der Waals surface area contributed by atoms with Crippen LogP contribution < -0.4 is 16.4 Å². The summed E-state index contributed by atoms with van der Waals surface area (Å²) in [5, 5.41) is 6.51. The van der Waals surface area contributed by atoms with Gasteiger partial charge in [0.1, 0.15) is 6.04 Å². The van der Waals surface area contributed by atoms with Crippen LogP contribution in [0.4, 0.5) is 15.3 Å². The number of carbonyl (C=O) groups is 3. The fourth-order valence-corrected chi connectivity index (χ4v) is 5.39. The quantitative estimate of drug-likeness (QED) is 0.556. The molecule has 1 aliphatic heterocycles. The number of hydrogen-bond acceptors (Lipinski definition) is 4. The normalized spacial score (nSPS) is 21.7. The SMILES string of the molecule is NC(=O)n1cc(NC(=O)N2C3C[C@@H]3C[C@H]2C(=O)NCc2ccc(Cl)s2)c2ccccc21. The van der Waals surface area contributed by atoms with E-state index in [-0.39, 0.29) is 18.0 Å². The molecule has 0 bridgehead atoms. The molecule has 1 saturated carbocycles. The minimum Gasteiger partial charge on any atom is -0.351 e. The topological polar surface area (TPSA) is 109 Å². The van der Waals surface area contributed by atoms with Crippen molar-refractivity contribution in [2.75, 3.05) is 5.32 Å². The number of anilines is 1. The van der Waals surface area contributed by atoms with E-state index >= 15 is 0 Å². The molecule has 2 aromatic heterocycles. The number of thiophene rings is 1. The first-order chi connectivity index (χ1) is 14.9. The molecule has 2 aliphatic rings. The smallest absolute Gasteiger partial charge is 0.323 e. The lowest BCUT2D eigenvalue weighted by molar-refractivity contribution is -0.125. The molecular formula is C21H20ClN5O3S. The molecule has 1 unspecified atom stereocenters. The molecular weight excluding hydrogens is 438 g/mol. The molecule has 5 rings (SSSR count). The second kappa shape index (κ2) is 7.58. The molecule has 160 valence electrons. The Morgan fingerprint density at radius 1 is 1.16 bits per heavy atom. The molecule has 31 heavy (non-hydrogen) atoms. The van der Waals surface area contributed by atoms with E-state index in [0.717, 1.165) is 11.3 Å². The van der Waals surface area contributed by atoms with Gasteiger partial charge >= 0.3 is 12.1 Å². The molecule has 1 aromatic carbocycles. The number of halogens is 1. The summed E-state index contributed by atoms with van der Waals surface area (Å²) >= 11 is 7.36. The van der Waals surface area contributed by atoms with E-state index in [1.54, 1.807) is 23.1 Å². The van der Waals surface area contributed by atoms with Gasteiger partial charge in [-0.1, -0.05) is 29.8 Å². The predicted molar refractivity (Wildman–Crippen MR) is 119 cm³/mol. The number of fused-ring (bicyclic) bond motifs is 2. The summed E-state index contributed by atoms with van der Waals surface area (Å²) in [4.78, 5) is 40.4. The number of rotatable bonds is 4. The zero-order valence-corrected chi connectivity index (χ0v) is 17.9. The van der Waals surface area contributed by atoms with Crippen LogP contribution in [-0.2, 0) is 11.3 Å². The van der Waals surface area contributed by atoms with Crippen molar-refractivity contribution in [2.45, 2.75) is 31.5 Å². The molecule has 4 N–H and O–H groups in total. The summed E-state index contributed by atoms with van der Waals surface area (Å²) in [6.45, 7) is 0.379. The van der Waals surface area contributed by atoms with Gasteiger partial charge in [0.2, 0.25) is 5.91 Å². The minimum atomic E-state index is -0.633. The molecule has 0 radical (unpaired) electrons. The van der Waals surface area contributed by atoms with Crippen molar-refractivity contribution in [1.29, 1.82) is 0 Å². The highest BCUT2D eigenvalue weighted by molar-refractivity contribution is 7.16. The Kier molecular flexibility index (Phi) is 4.86. The number of nitrogens with zero attached hydrogens (tertiary/aromatic N) is 2. The summed E-state index contributed by atoms with van der Waals surface area (Å²) in [7, 11) is 0. The van der Waals surface area contributed by atoms with Gasteiger partial charge in [0.05, 0.1) is 22.1 Å². The van der Waals surface area contributed by atoms with Gasteiger partial charge in [-0.3, -0.25) is 9.36 Å². The first-order valence-electron chi connectivity index (χ1n) is 9.93. The second-order valence-electron chi connectivity index (χ2n) is 7.84. The average molecular weight is 458 g/mol. The van der Waals surface area contributed by atoms with E-state index in [1.807, 2.05) is 18.2 Å². The van der Waals surface area contributed by atoms with Crippen molar-refractivity contribution in [2.24, 2.45) is 11.7 Å². The molecule has 4 amide bonds. The van der Waals surface area contributed by atoms with E-state index in [4.69, 9.17) is 17.3 Å². The van der Waals surface area contributed by atoms with E-state index in [0.29, 0.717) is 39.8 Å². The van der Waals surface area contributed by atoms with Crippen molar-refractivity contribution in [3.63, 3.8) is 0 Å². The zero-order chi connectivity index (χ0) is 21.7. The molecule has 3 aromatic rings. The van der Waals surface area contributed by atoms with E-state index in [2.05, 4.69) is 10.6 Å². The fourth-order valence-electron chi connectivity index (χ4n) is 4.36. The number of urea groups is 1. The highest BCUT2D eigenvalue weighted by Gasteiger charge is 2.56. The van der Waals surface area contributed by atoms with Crippen molar-refractivity contribution in [1.82, 2.24) is 14.8 Å². The lowest BCUT2D eigenvalue weighted by Gasteiger charge is -2.26. The Bertz CT molecular complexity index is 1200. The molecule has 1 aliphatic carbocycles. The minimum absolute atomic E-state index is 0.0661. The number of nitrogens with one attached hydrogen (secondary N) is 2. The van der Waals surface area contributed by atoms with Gasteiger partial charge < -0.3 is 21.3 Å². The lowest BCUT2D eigenvalue weighted by Crippen LogP contribution is -2.49. The summed E-state index contributed by atoms with van der Waals surface area (Å²) in [6, 6.07) is 9.41. The van der Waals surface area contributed by atoms with Gasteiger partial charge in [0.15, 0.2) is 0 Å². The number of amides is 4. The Morgan fingerprint density at radius 2 is 1.97 bits per heavy atom. The average Bonchev–Trinajstić information content (AvgIpc) is 3.08. The molecule has 3 heterocycles. The van der Waals surface area contributed by atoms with Crippen LogP contribution in [0.15, 0.2) is 42.6 Å². The molecule has 2 fully saturated rings. The summed E-state index contributed by atoms with van der Waals surface area (Å²) in [6.07, 6.45) is 3.07. The van der Waals surface area contributed by atoms with Gasteiger partial charge in [-0.2, -0.15) is 0 Å². The number of nitrogens with two attached hydrogens (primary N) is 1. The van der Waals surface area contributed by atoms with Crippen LogP contribution in [0, 0.1) is 5.92 Å². The van der Waals surface area contributed by atoms with Crippen LogP contribution >= 0.6 is 22.9 Å². The Labute approximate surface area is 186 Å². The first-order valence-corrected chi connectivity index (χ1v) is 11.1. The standard InChI is InChI=1S/C21H20ClN5O3S/c22-18-6-5-12(31-18)9-24-19(28)17-8-11-7-16(11)27(17)21(30)25-14-10-26(20(23)29)15-4-2-1-3-13(14)15/h1-6,10-11,16-17H,7-9H2,(H2,23,29)(H,24,28)(H,25,30)/t11-,16?,17+/m1/s1. The third-order valence-corrected chi connectivity index (χ3v) is 7.13. The number of piperidine rings is 1. The summed E-state index contributed by atoms with van der Waals surface area (Å²) in [5.41, 5.74) is 6.55. The van der Waals surface area contributed by atoms with E-state index in [9.17, 15) is 14.4 Å². The number of likely N-dealkylation sites (tertiary alicyclic amines) is 1. The lowest BCUT2D eigenvalue weighted by atomic mass is 10.1. The predicted octanol–water partition coefficient (Wildman–Crippen LogP) is 3.59. The van der Waals surface area contributed by atoms with Crippen LogP contribution in [0.2, 0.25) is 4.34 Å². The van der Waals surface area contributed by atoms with Crippen molar-refractivity contribution in [3.8, 4) is 0 Å². The van der Waals surface area contributed by atoms with Gasteiger partial charge in [0, 0.05) is 22.5 Å². The van der Waals surface area contributed by atoms with Gasteiger partial charge in [-0.25, -0.2) is 9.59 Å². The number of para-hydroxylation sites is 1. The van der Waals surface area contributed by atoms with E-state index < -0.39 is 12.1 Å². The summed E-state index contributed by atoms with van der Waals surface area (Å²) < 4.78 is 1.97. The largest absolute Gasteiger partial charge is 0.351 e. The van der Waals surface area contributed by atoms with Crippen LogP contribution in [-0.4, -0.2) is 39.5 Å². The molecule has 8 nitrogen and oxygen atoms in total. The molecule has 0 spiro atoms. The Morgan fingerprint density at radius 3 is 2.71 bits per heavy atom. The van der Waals surface area contributed by atoms with Gasteiger partial charge in [0.25, 0.3) is 0 Å². The first kappa shape index (κ1) is 19.9. The van der Waals surface area contributed by atoms with Crippen LogP contribution in [0.5, 0.6) is 0 Å². The van der Waals surface area contributed by atoms with Crippen LogP contribution in [0.1, 0.15) is 17.7 Å². The molecule has 3 atom stereocenters. The number of carbonyl (C=O) groups excluding carboxylic acids is 3. The maximum absolute atomic E-state index is 13.2. The maximum atomic E-state index is 13.2. The van der Waals surface area contributed by atoms with Gasteiger partial charge in [-0.15, -0.1) is 11.3 Å². The third kappa shape index (κ3) is 3.64. The zero-order valence-electron chi connectivity index (χ0n) is 16.4. The molecule has 1 saturated heterocycles. The van der Waals surface area contributed by atoms with Crippen molar-refractivity contribution < 1.29 is 14.4 Å². The van der Waals surface area contributed by atoms with Crippen molar-refractivity contribution in [3.05, 3.63) is 51.8 Å². The fraction of sp³-hybridized carbons (Fsp3) is 0.286. The Balaban J connectivity index is 1.33. The highest BCUT2D eigenvalue weighted by Crippen LogP contribution is 2.48. The number of benzene rings is 1. The summed E-state index contributed by atoms with van der Waals surface area (Å²) in [5.74, 6) is 0.177. The highest BCUT2D eigenvalue weighted by atomic mass is 35.5. The number of hydrogen-bond donors (Lipinski definition) is 3. The second-order valence-corrected chi connectivity index (χ2v) is 9.64. The van der Waals surface area contributed by atoms with Gasteiger partial charge in [-0.05, 0) is 37.0 Å².